The molecule has 6 heteroatoms. The van der Waals surface area contributed by atoms with Crippen LogP contribution >= 0.6 is 0 Å². The third-order valence-electron chi connectivity index (χ3n) is 4.23. The lowest BCUT2D eigenvalue weighted by molar-refractivity contribution is 0.0953. The summed E-state index contributed by atoms with van der Waals surface area (Å²) in [6, 6.07) is 10.2. The van der Waals surface area contributed by atoms with Crippen molar-refractivity contribution in [3.8, 4) is 17.2 Å². The van der Waals surface area contributed by atoms with Crippen molar-refractivity contribution in [1.29, 1.82) is 0 Å². The minimum Gasteiger partial charge on any atom is -0.495 e. The van der Waals surface area contributed by atoms with Crippen molar-refractivity contribution < 1.29 is 23.8 Å². The number of hydrogen-bond donors (Lipinski definition) is 0. The van der Waals surface area contributed by atoms with Crippen LogP contribution in [-0.4, -0.2) is 39.6 Å². The molecule has 0 aromatic heterocycles. The summed E-state index contributed by atoms with van der Waals surface area (Å²) in [7, 11) is 4.58. The van der Waals surface area contributed by atoms with Crippen molar-refractivity contribution >= 4 is 17.4 Å². The van der Waals surface area contributed by atoms with Crippen LogP contribution in [-0.2, 0) is 0 Å². The molecule has 0 spiro atoms. The summed E-state index contributed by atoms with van der Waals surface area (Å²) in [5, 5.41) is 0. The topological polar surface area (TPSA) is 65.1 Å². The van der Waals surface area contributed by atoms with E-state index in [0.717, 1.165) is 0 Å². The smallest absolute Gasteiger partial charge is 0.258 e. The van der Waals surface area contributed by atoms with E-state index < -0.39 is 0 Å². The maximum absolute atomic E-state index is 13.1. The first kappa shape index (κ1) is 16.8. The number of para-hydroxylation sites is 1. The van der Waals surface area contributed by atoms with Gasteiger partial charge in [0.2, 0.25) is 0 Å². The predicted molar refractivity (Wildman–Crippen MR) is 93.2 cm³/mol. The number of hydrogen-bond acceptors (Lipinski definition) is 5. The molecule has 0 radical (unpaired) electrons. The number of nitrogens with zero attached hydrogens (tertiary/aromatic N) is 1. The molecule has 0 saturated carbocycles. The lowest BCUT2D eigenvalue weighted by Crippen LogP contribution is -2.37. The molecule has 1 aliphatic heterocycles. The van der Waals surface area contributed by atoms with Gasteiger partial charge in [0, 0.05) is 24.1 Å². The maximum atomic E-state index is 13.1. The van der Waals surface area contributed by atoms with E-state index in [9.17, 15) is 9.59 Å². The number of amides is 1. The number of ether oxygens (including phenoxy) is 3. The van der Waals surface area contributed by atoms with Crippen LogP contribution in [0.2, 0.25) is 0 Å². The van der Waals surface area contributed by atoms with Crippen LogP contribution in [0, 0.1) is 0 Å². The summed E-state index contributed by atoms with van der Waals surface area (Å²) in [4.78, 5) is 26.9. The lowest BCUT2D eigenvalue weighted by Gasteiger charge is -2.30. The van der Waals surface area contributed by atoms with E-state index in [1.54, 1.807) is 41.3 Å². The molecule has 0 saturated heterocycles. The third-order valence-corrected chi connectivity index (χ3v) is 4.23. The highest BCUT2D eigenvalue weighted by Crippen LogP contribution is 2.37. The minimum atomic E-state index is -0.223. The molecule has 1 amide bonds. The number of fused-ring (bicyclic) bond motifs is 1. The van der Waals surface area contributed by atoms with Crippen molar-refractivity contribution in [3.05, 3.63) is 47.5 Å². The Balaban J connectivity index is 2.05. The fourth-order valence-electron chi connectivity index (χ4n) is 2.98. The van der Waals surface area contributed by atoms with Crippen LogP contribution in [0.25, 0.3) is 0 Å². The molecule has 1 heterocycles. The van der Waals surface area contributed by atoms with Gasteiger partial charge in [-0.15, -0.1) is 0 Å². The van der Waals surface area contributed by atoms with Crippen LogP contribution in [0.15, 0.2) is 36.4 Å². The average molecular weight is 341 g/mol. The van der Waals surface area contributed by atoms with E-state index in [2.05, 4.69) is 0 Å². The summed E-state index contributed by atoms with van der Waals surface area (Å²) in [6.07, 6.45) is 0.277. The van der Waals surface area contributed by atoms with E-state index in [-0.39, 0.29) is 18.1 Å². The number of benzene rings is 2. The number of carbonyl (C=O) groups is 2. The van der Waals surface area contributed by atoms with E-state index in [1.165, 1.54) is 21.3 Å². The molecule has 2 aromatic carbocycles. The Morgan fingerprint density at radius 3 is 2.36 bits per heavy atom. The molecule has 0 aliphatic carbocycles. The number of methoxy groups -OCH3 is 3. The lowest BCUT2D eigenvalue weighted by atomic mass is 9.98. The van der Waals surface area contributed by atoms with Crippen molar-refractivity contribution in [2.75, 3.05) is 32.8 Å². The Morgan fingerprint density at radius 1 is 0.960 bits per heavy atom. The zero-order chi connectivity index (χ0) is 18.0. The van der Waals surface area contributed by atoms with Crippen LogP contribution in [0.4, 0.5) is 5.69 Å². The Morgan fingerprint density at radius 2 is 1.68 bits per heavy atom. The normalized spacial score (nSPS) is 13.2. The molecule has 0 unspecified atom stereocenters. The largest absolute Gasteiger partial charge is 0.495 e. The summed E-state index contributed by atoms with van der Waals surface area (Å²) in [6.45, 7) is 0.305. The van der Waals surface area contributed by atoms with Gasteiger partial charge in [0.15, 0.2) is 17.3 Å². The average Bonchev–Trinajstić information content (AvgIpc) is 2.66. The second-order valence-corrected chi connectivity index (χ2v) is 5.56. The van der Waals surface area contributed by atoms with Gasteiger partial charge < -0.3 is 19.1 Å². The summed E-state index contributed by atoms with van der Waals surface area (Å²) in [5.41, 5.74) is 1.46. The van der Waals surface area contributed by atoms with Crippen molar-refractivity contribution in [1.82, 2.24) is 0 Å². The Kier molecular flexibility index (Phi) is 4.61. The summed E-state index contributed by atoms with van der Waals surface area (Å²) >= 11 is 0. The van der Waals surface area contributed by atoms with Gasteiger partial charge in [-0.3, -0.25) is 9.59 Å². The first-order valence-corrected chi connectivity index (χ1v) is 7.84. The fourth-order valence-corrected chi connectivity index (χ4v) is 2.98. The Hall–Kier alpha value is -3.02. The SMILES string of the molecule is COc1ccc(C(=O)N2CCC(=O)c3cccc(OC)c32)cc1OC. The molecule has 0 fully saturated rings. The van der Waals surface area contributed by atoms with Gasteiger partial charge in [0.1, 0.15) is 5.75 Å². The Labute approximate surface area is 145 Å². The molecule has 1 aliphatic rings. The number of carbonyl (C=O) groups excluding carboxylic acids is 2. The highest BCUT2D eigenvalue weighted by atomic mass is 16.5. The molecule has 0 N–H and O–H groups in total. The minimum absolute atomic E-state index is 0.00487. The Bertz CT molecular complexity index is 831. The highest BCUT2D eigenvalue weighted by Gasteiger charge is 2.31. The maximum Gasteiger partial charge on any atom is 0.258 e. The molecule has 0 bridgehead atoms. The summed E-state index contributed by atoms with van der Waals surface area (Å²) < 4.78 is 15.8. The molecule has 0 atom stereocenters. The zero-order valence-corrected chi connectivity index (χ0v) is 14.4. The fraction of sp³-hybridized carbons (Fsp3) is 0.263. The number of Topliss-reactive ketones (excluding diaryl/α,β-unsaturated/α-hetero) is 1. The van der Waals surface area contributed by atoms with E-state index >= 15 is 0 Å². The number of anilines is 1. The van der Waals surface area contributed by atoms with Gasteiger partial charge in [-0.1, -0.05) is 6.07 Å². The van der Waals surface area contributed by atoms with Gasteiger partial charge >= 0.3 is 0 Å². The monoisotopic (exact) mass is 341 g/mol. The van der Waals surface area contributed by atoms with Crippen molar-refractivity contribution in [3.63, 3.8) is 0 Å². The predicted octanol–water partition coefficient (Wildman–Crippen LogP) is 2.95. The van der Waals surface area contributed by atoms with Gasteiger partial charge in [0.25, 0.3) is 5.91 Å². The zero-order valence-electron chi connectivity index (χ0n) is 14.4. The van der Waals surface area contributed by atoms with Crippen molar-refractivity contribution in [2.24, 2.45) is 0 Å². The molecular formula is C19H19NO5. The van der Waals surface area contributed by atoms with Crippen LogP contribution in [0.1, 0.15) is 27.1 Å². The second kappa shape index (κ2) is 6.84. The summed E-state index contributed by atoms with van der Waals surface area (Å²) in [5.74, 6) is 1.30. The molecule has 6 nitrogen and oxygen atoms in total. The molecule has 25 heavy (non-hydrogen) atoms. The van der Waals surface area contributed by atoms with Gasteiger partial charge in [-0.05, 0) is 30.3 Å². The van der Waals surface area contributed by atoms with Gasteiger partial charge in [0.05, 0.1) is 27.0 Å². The standard InChI is InChI=1S/C19H19NO5/c1-23-15-8-7-12(11-17(15)25-3)19(22)20-10-9-14(21)13-5-4-6-16(24-2)18(13)20/h4-8,11H,9-10H2,1-3H3. The molecular weight excluding hydrogens is 322 g/mol. The first-order valence-electron chi connectivity index (χ1n) is 7.84. The van der Waals surface area contributed by atoms with Gasteiger partial charge in [-0.2, -0.15) is 0 Å². The molecule has 2 aromatic rings. The molecule has 3 rings (SSSR count). The first-order chi connectivity index (χ1) is 12.1. The van der Waals surface area contributed by atoms with Gasteiger partial charge in [-0.25, -0.2) is 0 Å². The van der Waals surface area contributed by atoms with E-state index in [1.807, 2.05) is 0 Å². The van der Waals surface area contributed by atoms with Crippen LogP contribution < -0.4 is 19.1 Å². The second-order valence-electron chi connectivity index (χ2n) is 5.56. The highest BCUT2D eigenvalue weighted by molar-refractivity contribution is 6.14. The van der Waals surface area contributed by atoms with Crippen LogP contribution in [0.3, 0.4) is 0 Å². The number of ketones is 1. The van der Waals surface area contributed by atoms with E-state index in [4.69, 9.17) is 14.2 Å². The quantitative estimate of drug-likeness (QED) is 0.855. The van der Waals surface area contributed by atoms with Crippen molar-refractivity contribution in [2.45, 2.75) is 6.42 Å². The van der Waals surface area contributed by atoms with Crippen LogP contribution in [0.5, 0.6) is 17.2 Å². The third kappa shape index (κ3) is 2.91. The van der Waals surface area contributed by atoms with E-state index in [0.29, 0.717) is 40.6 Å². The number of rotatable bonds is 4. The molecule has 130 valence electrons.